The van der Waals surface area contributed by atoms with Crippen LogP contribution in [0.25, 0.3) is 16.3 Å². The number of halogens is 3. The number of aromatic nitrogens is 2. The molecule has 1 saturated heterocycles. The Hall–Kier alpha value is -3.18. The van der Waals surface area contributed by atoms with Crippen LogP contribution >= 0.6 is 11.3 Å². The smallest absolute Gasteiger partial charge is 0.363 e. The molecule has 0 unspecified atom stereocenters. The van der Waals surface area contributed by atoms with Gasteiger partial charge in [-0.25, -0.2) is 9.48 Å². The van der Waals surface area contributed by atoms with Crippen LogP contribution in [0.1, 0.15) is 18.5 Å². The van der Waals surface area contributed by atoms with E-state index in [0.29, 0.717) is 16.3 Å². The van der Waals surface area contributed by atoms with Crippen LogP contribution in [0, 0.1) is 5.92 Å². The summed E-state index contributed by atoms with van der Waals surface area (Å²) in [5, 5.41) is 20.6. The number of ketones is 1. The number of urea groups is 1. The molecule has 0 spiro atoms. The maximum Gasteiger partial charge on any atom is 0.437 e. The number of carbonyl (C=O) groups excluding carboxylic acids is 2. The predicted molar refractivity (Wildman–Crippen MR) is 106 cm³/mol. The van der Waals surface area contributed by atoms with E-state index in [0.717, 1.165) is 6.92 Å². The lowest BCUT2D eigenvalue weighted by molar-refractivity contribution is -0.290. The van der Waals surface area contributed by atoms with Gasteiger partial charge in [0.05, 0.1) is 22.5 Å². The molecule has 2 aromatic heterocycles. The van der Waals surface area contributed by atoms with E-state index in [-0.39, 0.29) is 5.56 Å². The van der Waals surface area contributed by atoms with E-state index in [9.17, 15) is 27.9 Å². The van der Waals surface area contributed by atoms with Gasteiger partial charge < -0.3 is 15.7 Å². The van der Waals surface area contributed by atoms with Crippen LogP contribution in [0.4, 0.5) is 18.0 Å². The number of para-hydroxylation sites is 1. The van der Waals surface area contributed by atoms with Crippen molar-refractivity contribution < 1.29 is 27.9 Å². The van der Waals surface area contributed by atoms with Crippen LogP contribution in [0.3, 0.4) is 0 Å². The Morgan fingerprint density at radius 3 is 2.52 bits per heavy atom. The number of benzene rings is 1. The van der Waals surface area contributed by atoms with Crippen molar-refractivity contribution >= 4 is 23.2 Å². The number of carbonyl (C=O) groups is 2. The summed E-state index contributed by atoms with van der Waals surface area (Å²) < 4.78 is 42.8. The van der Waals surface area contributed by atoms with Crippen molar-refractivity contribution in [2.45, 2.75) is 24.9 Å². The molecule has 0 saturated carbocycles. The highest BCUT2D eigenvalue weighted by atomic mass is 32.1. The lowest BCUT2D eigenvalue weighted by Gasteiger charge is -2.44. The zero-order valence-electron chi connectivity index (χ0n) is 16.1. The predicted octanol–water partition coefficient (Wildman–Crippen LogP) is 3.41. The number of alkyl halides is 3. The van der Waals surface area contributed by atoms with Crippen molar-refractivity contribution in [2.75, 3.05) is 0 Å². The Balaban J connectivity index is 1.91. The van der Waals surface area contributed by atoms with Gasteiger partial charge in [-0.3, -0.25) is 4.79 Å². The number of thiophene rings is 1. The van der Waals surface area contributed by atoms with Gasteiger partial charge in [0.25, 0.3) is 0 Å². The van der Waals surface area contributed by atoms with E-state index in [1.807, 2.05) is 0 Å². The second kappa shape index (κ2) is 7.50. The van der Waals surface area contributed by atoms with Crippen LogP contribution in [0.2, 0.25) is 0 Å². The fraction of sp³-hybridized carbons (Fsp3) is 0.250. The normalized spacial score (nSPS) is 23.8. The molecule has 7 nitrogen and oxygen atoms in total. The molecule has 1 aliphatic heterocycles. The quantitative estimate of drug-likeness (QED) is 0.568. The molecule has 1 aliphatic rings. The zero-order valence-corrected chi connectivity index (χ0v) is 16.9. The average Bonchev–Trinajstić information content (AvgIpc) is 3.36. The van der Waals surface area contributed by atoms with Crippen LogP contribution in [-0.4, -0.2) is 38.6 Å². The topological polar surface area (TPSA) is 96.2 Å². The Bertz CT molecular complexity index is 1110. The summed E-state index contributed by atoms with van der Waals surface area (Å²) >= 11 is 1.30. The number of rotatable bonds is 4. The molecule has 0 aliphatic carbocycles. The molecule has 3 heterocycles. The van der Waals surface area contributed by atoms with Gasteiger partial charge in [0, 0.05) is 11.8 Å². The van der Waals surface area contributed by atoms with Gasteiger partial charge in [0.2, 0.25) is 5.72 Å². The van der Waals surface area contributed by atoms with Gasteiger partial charge >= 0.3 is 12.2 Å². The summed E-state index contributed by atoms with van der Waals surface area (Å²) in [5.41, 5.74) is -2.60. The van der Waals surface area contributed by atoms with E-state index in [1.54, 1.807) is 47.8 Å². The molecule has 31 heavy (non-hydrogen) atoms. The first-order chi connectivity index (χ1) is 14.6. The maximum atomic E-state index is 13.8. The van der Waals surface area contributed by atoms with Crippen LogP contribution < -0.4 is 10.6 Å². The molecule has 4 rings (SSSR count). The largest absolute Gasteiger partial charge is 0.437 e. The second-order valence-corrected chi connectivity index (χ2v) is 8.07. The maximum absolute atomic E-state index is 13.8. The van der Waals surface area contributed by atoms with Crippen molar-refractivity contribution in [2.24, 2.45) is 5.92 Å². The summed E-state index contributed by atoms with van der Waals surface area (Å²) in [6.07, 6.45) is -3.81. The number of Topliss-reactive ketones (excluding diaryl/α,β-unsaturated/α-hetero) is 1. The third kappa shape index (κ3) is 3.59. The molecule has 3 aromatic rings. The minimum atomic E-state index is -5.28. The van der Waals surface area contributed by atoms with E-state index in [1.165, 1.54) is 27.5 Å². The molecule has 1 fully saturated rings. The van der Waals surface area contributed by atoms with E-state index < -0.39 is 35.7 Å². The van der Waals surface area contributed by atoms with Gasteiger partial charge in [-0.2, -0.15) is 18.3 Å². The molecular formula is C20H17F3N4O3S. The van der Waals surface area contributed by atoms with Crippen molar-refractivity contribution in [3.05, 3.63) is 59.6 Å². The van der Waals surface area contributed by atoms with Gasteiger partial charge in [-0.05, 0) is 30.5 Å². The number of hydrogen-bond acceptors (Lipinski definition) is 5. The lowest BCUT2D eigenvalue weighted by atomic mass is 9.79. The lowest BCUT2D eigenvalue weighted by Crippen LogP contribution is -2.72. The highest BCUT2D eigenvalue weighted by Crippen LogP contribution is 2.45. The molecule has 1 aromatic carbocycles. The van der Waals surface area contributed by atoms with Crippen molar-refractivity contribution in [1.29, 1.82) is 0 Å². The first-order valence-electron chi connectivity index (χ1n) is 9.19. The van der Waals surface area contributed by atoms with E-state index >= 15 is 0 Å². The number of amides is 2. The molecule has 0 bridgehead atoms. The molecule has 3 atom stereocenters. The molecule has 162 valence electrons. The second-order valence-electron chi connectivity index (χ2n) is 7.12. The summed E-state index contributed by atoms with van der Waals surface area (Å²) in [4.78, 5) is 25.1. The number of nitrogens with one attached hydrogen (secondary N) is 2. The third-order valence-corrected chi connectivity index (χ3v) is 5.97. The first-order valence-corrected chi connectivity index (χ1v) is 10.1. The Kier molecular flexibility index (Phi) is 5.10. The monoisotopic (exact) mass is 450 g/mol. The van der Waals surface area contributed by atoms with E-state index in [2.05, 4.69) is 10.4 Å². The fourth-order valence-corrected chi connectivity index (χ4v) is 4.45. The van der Waals surface area contributed by atoms with Crippen molar-refractivity contribution in [1.82, 2.24) is 20.4 Å². The summed E-state index contributed by atoms with van der Waals surface area (Å²) in [5.74, 6) is -2.97. The first kappa shape index (κ1) is 21.1. The van der Waals surface area contributed by atoms with Crippen LogP contribution in [-0.2, 0) is 4.79 Å². The standard InChI is InChI=1S/C20H17F3N4O3S/c1-11(28)15-17(24-18(29)25-19(15,30)20(21,22)23)13-10-27(12-6-3-2-4-7-12)26-16(13)14-8-5-9-31-14/h2-10,15,17,30H,1H3,(H2,24,25,29)/t15-,17+,19+/m0/s1. The number of nitrogens with zero attached hydrogens (tertiary/aromatic N) is 2. The average molecular weight is 450 g/mol. The summed E-state index contributed by atoms with van der Waals surface area (Å²) in [6, 6.07) is 9.63. The van der Waals surface area contributed by atoms with Gasteiger partial charge in [0.15, 0.2) is 0 Å². The van der Waals surface area contributed by atoms with Gasteiger partial charge in [0.1, 0.15) is 11.5 Å². The van der Waals surface area contributed by atoms with E-state index in [4.69, 9.17) is 0 Å². The Labute approximate surface area is 178 Å². The molecular weight excluding hydrogens is 433 g/mol. The highest BCUT2D eigenvalue weighted by molar-refractivity contribution is 7.13. The SMILES string of the molecule is CC(=O)[C@H]1[C@@H](c2cn(-c3ccccc3)nc2-c2cccs2)NC(=O)N[C@]1(O)C(F)(F)F. The van der Waals surface area contributed by atoms with Gasteiger partial charge in [-0.15, -0.1) is 11.3 Å². The Morgan fingerprint density at radius 2 is 1.94 bits per heavy atom. The van der Waals surface area contributed by atoms with Crippen molar-refractivity contribution in [3.63, 3.8) is 0 Å². The number of hydrogen-bond donors (Lipinski definition) is 3. The molecule has 0 radical (unpaired) electrons. The van der Waals surface area contributed by atoms with Gasteiger partial charge in [-0.1, -0.05) is 24.3 Å². The number of aliphatic hydroxyl groups is 1. The van der Waals surface area contributed by atoms with Crippen molar-refractivity contribution in [3.8, 4) is 16.3 Å². The minimum absolute atomic E-state index is 0.184. The minimum Gasteiger partial charge on any atom is -0.363 e. The Morgan fingerprint density at radius 1 is 1.23 bits per heavy atom. The van der Waals surface area contributed by atoms with Crippen LogP contribution in [0.5, 0.6) is 0 Å². The summed E-state index contributed by atoms with van der Waals surface area (Å²) in [6.45, 7) is 0.944. The highest BCUT2D eigenvalue weighted by Gasteiger charge is 2.66. The molecule has 3 N–H and O–H groups in total. The molecule has 2 amide bonds. The zero-order chi connectivity index (χ0) is 22.4. The fourth-order valence-electron chi connectivity index (χ4n) is 3.72. The molecule has 11 heteroatoms. The third-order valence-electron chi connectivity index (χ3n) is 5.10. The summed E-state index contributed by atoms with van der Waals surface area (Å²) in [7, 11) is 0. The van der Waals surface area contributed by atoms with Crippen LogP contribution in [0.15, 0.2) is 54.0 Å².